The summed E-state index contributed by atoms with van der Waals surface area (Å²) >= 11 is 0. The molecule has 0 saturated heterocycles. The molecule has 0 spiro atoms. The van der Waals surface area contributed by atoms with Gasteiger partial charge in [-0.3, -0.25) is 0 Å². The van der Waals surface area contributed by atoms with Gasteiger partial charge in [-0.25, -0.2) is 0 Å². The molecule has 0 radical (unpaired) electrons. The minimum atomic E-state index is -6.00. The van der Waals surface area contributed by atoms with Crippen LogP contribution in [0, 0.1) is 0 Å². The van der Waals surface area contributed by atoms with Crippen LogP contribution in [-0.2, 0) is 10.9 Å². The lowest BCUT2D eigenvalue weighted by Crippen LogP contribution is -2.37. The van der Waals surface area contributed by atoms with E-state index in [2.05, 4.69) is 0 Å². The molecule has 0 atom stereocenters. The molecule has 0 aromatic rings. The second kappa shape index (κ2) is 8.12. The summed E-state index contributed by atoms with van der Waals surface area (Å²) in [6.45, 7) is 0. The molecule has 0 N–H and O–H groups in total. The van der Waals surface area contributed by atoms with Crippen LogP contribution in [0.4, 0.5) is 17.3 Å². The predicted octanol–water partition coefficient (Wildman–Crippen LogP) is 5.73. The first-order chi connectivity index (χ1) is 9.95. The molecule has 0 amide bonds. The van der Waals surface area contributed by atoms with Crippen LogP contribution < -0.4 is 0 Å². The van der Waals surface area contributed by atoms with Crippen LogP contribution in [0.25, 0.3) is 0 Å². The third-order valence-corrected chi connectivity index (χ3v) is 8.78. The zero-order valence-corrected chi connectivity index (χ0v) is 13.5. The van der Waals surface area contributed by atoms with E-state index >= 15 is 0 Å². The van der Waals surface area contributed by atoms with Gasteiger partial charge < -0.3 is 17.3 Å². The molecule has 0 aromatic heterocycles. The van der Waals surface area contributed by atoms with E-state index in [4.69, 9.17) is 0 Å². The first-order valence-electron chi connectivity index (χ1n) is 8.53. The Kier molecular flexibility index (Phi) is 6.76. The van der Waals surface area contributed by atoms with Crippen LogP contribution in [0.3, 0.4) is 0 Å². The molecule has 0 heterocycles. The van der Waals surface area contributed by atoms with Crippen LogP contribution in [0.15, 0.2) is 0 Å². The highest BCUT2D eigenvalue weighted by molar-refractivity contribution is 7.98. The summed E-state index contributed by atoms with van der Waals surface area (Å²) in [5.74, 6) is 0. The molecule has 3 saturated carbocycles. The molecule has 3 fully saturated rings. The topological polar surface area (TPSA) is 0 Å². The quantitative estimate of drug-likeness (QED) is 0.353. The summed E-state index contributed by atoms with van der Waals surface area (Å²) in [6.07, 6.45) is 18.9. The Labute approximate surface area is 128 Å². The first kappa shape index (κ1) is 17.5. The van der Waals surface area contributed by atoms with Crippen molar-refractivity contribution in [3.8, 4) is 0 Å². The van der Waals surface area contributed by atoms with E-state index in [0.29, 0.717) is 0 Å². The molecule has 0 aromatic carbocycles. The van der Waals surface area contributed by atoms with Crippen molar-refractivity contribution >= 4 is 18.1 Å². The SMILES string of the molecule is C1CCC([S+](C2CCCC2)C2CCCC2)C1.F[B-](F)(F)F. The minimum absolute atomic E-state index is 0.850. The summed E-state index contributed by atoms with van der Waals surface area (Å²) in [4.78, 5) is 0. The molecule has 3 rings (SSSR count). The lowest BCUT2D eigenvalue weighted by molar-refractivity contribution is 0.368. The molecular formula is C15H27BF4S. The second-order valence-electron chi connectivity index (χ2n) is 6.62. The Morgan fingerprint density at radius 3 is 0.905 bits per heavy atom. The summed E-state index contributed by atoms with van der Waals surface area (Å²) in [5.41, 5.74) is 0. The summed E-state index contributed by atoms with van der Waals surface area (Å²) in [6, 6.07) is 0. The van der Waals surface area contributed by atoms with E-state index in [-0.39, 0.29) is 0 Å². The summed E-state index contributed by atoms with van der Waals surface area (Å²) in [7, 11) is -5.15. The van der Waals surface area contributed by atoms with Gasteiger partial charge in [0.2, 0.25) is 0 Å². The highest BCUT2D eigenvalue weighted by Crippen LogP contribution is 2.42. The Hall–Kier alpha value is 0.135. The van der Waals surface area contributed by atoms with Crippen molar-refractivity contribution in [1.82, 2.24) is 0 Å². The Morgan fingerprint density at radius 1 is 0.524 bits per heavy atom. The van der Waals surface area contributed by atoms with Crippen LogP contribution in [0.1, 0.15) is 77.0 Å². The van der Waals surface area contributed by atoms with Gasteiger partial charge in [-0.1, -0.05) is 0 Å². The molecule has 0 aliphatic heterocycles. The summed E-state index contributed by atoms with van der Waals surface area (Å²) in [5, 5.41) is 3.52. The van der Waals surface area contributed by atoms with E-state index in [1.54, 1.807) is 77.0 Å². The van der Waals surface area contributed by atoms with Gasteiger partial charge in [0.25, 0.3) is 0 Å². The fourth-order valence-corrected chi connectivity index (χ4v) is 8.56. The fraction of sp³-hybridized carbons (Fsp3) is 1.00. The lowest BCUT2D eigenvalue weighted by Gasteiger charge is -2.25. The van der Waals surface area contributed by atoms with Crippen LogP contribution in [-0.4, -0.2) is 23.0 Å². The number of halogens is 4. The summed E-state index contributed by atoms with van der Waals surface area (Å²) < 4.78 is 39.0. The Bertz CT molecular complexity index is 248. The molecule has 6 heteroatoms. The Balaban J connectivity index is 0.000000282. The van der Waals surface area contributed by atoms with Gasteiger partial charge in [-0.05, 0) is 87.9 Å². The van der Waals surface area contributed by atoms with Gasteiger partial charge in [0.05, 0.1) is 0 Å². The first-order valence-corrected chi connectivity index (χ1v) is 9.94. The van der Waals surface area contributed by atoms with Crippen molar-refractivity contribution < 1.29 is 17.3 Å². The highest BCUT2D eigenvalue weighted by atomic mass is 32.2. The van der Waals surface area contributed by atoms with Gasteiger partial charge in [-0.15, -0.1) is 0 Å². The zero-order valence-electron chi connectivity index (χ0n) is 12.7. The highest BCUT2D eigenvalue weighted by Gasteiger charge is 2.46. The molecule has 0 nitrogen and oxygen atoms in total. The average molecular weight is 326 g/mol. The van der Waals surface area contributed by atoms with Crippen LogP contribution in [0.5, 0.6) is 0 Å². The van der Waals surface area contributed by atoms with E-state index in [9.17, 15) is 17.3 Å². The van der Waals surface area contributed by atoms with E-state index in [0.717, 1.165) is 10.9 Å². The van der Waals surface area contributed by atoms with Crippen molar-refractivity contribution in [1.29, 1.82) is 0 Å². The van der Waals surface area contributed by atoms with Crippen molar-refractivity contribution in [3.63, 3.8) is 0 Å². The van der Waals surface area contributed by atoms with Crippen molar-refractivity contribution in [2.45, 2.75) is 92.8 Å². The molecule has 0 unspecified atom stereocenters. The Morgan fingerprint density at radius 2 is 0.714 bits per heavy atom. The number of hydrogen-bond donors (Lipinski definition) is 0. The predicted molar refractivity (Wildman–Crippen MR) is 84.3 cm³/mol. The standard InChI is InChI=1S/C15H27S.BF4/c1-2-8-13(7-1)16(14-9-3-4-10-14)15-11-5-6-12-15;2-1(3,4)5/h13-15H,1-12H2;/q+1;-1. The molecule has 124 valence electrons. The van der Waals surface area contributed by atoms with Crippen molar-refractivity contribution in [2.75, 3.05) is 0 Å². The third kappa shape index (κ3) is 6.03. The van der Waals surface area contributed by atoms with Crippen LogP contribution in [0.2, 0.25) is 0 Å². The number of hydrogen-bond acceptors (Lipinski definition) is 0. The van der Waals surface area contributed by atoms with Gasteiger partial charge in [-0.2, -0.15) is 0 Å². The van der Waals surface area contributed by atoms with Gasteiger partial charge in [0, 0.05) is 0 Å². The molecule has 3 aliphatic rings. The van der Waals surface area contributed by atoms with Crippen LogP contribution >= 0.6 is 0 Å². The maximum Gasteiger partial charge on any atom is 0.673 e. The van der Waals surface area contributed by atoms with E-state index < -0.39 is 7.25 Å². The minimum Gasteiger partial charge on any atom is -0.418 e. The number of rotatable bonds is 3. The molecule has 3 aliphatic carbocycles. The van der Waals surface area contributed by atoms with Gasteiger partial charge >= 0.3 is 7.25 Å². The third-order valence-electron chi connectivity index (χ3n) is 5.06. The molecule has 0 bridgehead atoms. The van der Waals surface area contributed by atoms with E-state index in [1.807, 2.05) is 0 Å². The molecular weight excluding hydrogens is 299 g/mol. The normalized spacial score (nSPS) is 25.6. The maximum atomic E-state index is 9.75. The van der Waals surface area contributed by atoms with Crippen molar-refractivity contribution in [3.05, 3.63) is 0 Å². The largest absolute Gasteiger partial charge is 0.673 e. The lowest BCUT2D eigenvalue weighted by atomic mass is 10.3. The zero-order chi connectivity index (χ0) is 15.3. The maximum absolute atomic E-state index is 9.75. The van der Waals surface area contributed by atoms with Gasteiger partial charge in [0.15, 0.2) is 0 Å². The smallest absolute Gasteiger partial charge is 0.418 e. The average Bonchev–Trinajstić information content (AvgIpc) is 3.11. The van der Waals surface area contributed by atoms with Crippen molar-refractivity contribution in [2.24, 2.45) is 0 Å². The van der Waals surface area contributed by atoms with E-state index in [1.165, 1.54) is 15.7 Å². The van der Waals surface area contributed by atoms with Gasteiger partial charge in [0.1, 0.15) is 15.7 Å². The fourth-order valence-electron chi connectivity index (χ4n) is 4.30. The monoisotopic (exact) mass is 326 g/mol. The molecule has 21 heavy (non-hydrogen) atoms. The second-order valence-corrected chi connectivity index (χ2v) is 9.44.